The molecule has 1 aromatic carbocycles. The normalized spacial score (nSPS) is 11.9. The zero-order chi connectivity index (χ0) is 15.9. The van der Waals surface area contributed by atoms with E-state index in [1.165, 1.54) is 0 Å². The van der Waals surface area contributed by atoms with Crippen molar-refractivity contribution in [2.75, 3.05) is 13.7 Å². The maximum absolute atomic E-state index is 11.9. The number of hydrogen-bond donors (Lipinski definition) is 4. The van der Waals surface area contributed by atoms with Crippen LogP contribution in [-0.2, 0) is 17.6 Å². The minimum Gasteiger partial charge on any atom is -0.497 e. The molecule has 0 aliphatic carbocycles. The van der Waals surface area contributed by atoms with E-state index in [0.717, 1.165) is 11.3 Å². The molecule has 0 bridgehead atoms. The third-order valence-electron chi connectivity index (χ3n) is 3.16. The molecule has 118 valence electrons. The fraction of sp³-hybridized carbons (Fsp3) is 0.357. The van der Waals surface area contributed by atoms with Gasteiger partial charge in [-0.2, -0.15) is 5.10 Å². The van der Waals surface area contributed by atoms with Crippen molar-refractivity contribution >= 4 is 5.91 Å². The molecule has 1 aromatic heterocycles. The van der Waals surface area contributed by atoms with E-state index in [1.807, 2.05) is 24.3 Å². The van der Waals surface area contributed by atoms with Gasteiger partial charge in [0.15, 0.2) is 0 Å². The lowest BCUT2D eigenvalue weighted by atomic mass is 10.1. The summed E-state index contributed by atoms with van der Waals surface area (Å²) in [7, 11) is 1.60. The van der Waals surface area contributed by atoms with Crippen LogP contribution >= 0.6 is 0 Å². The van der Waals surface area contributed by atoms with Gasteiger partial charge in [0.05, 0.1) is 13.2 Å². The Labute approximate surface area is 127 Å². The molecule has 0 aliphatic rings. The maximum Gasteiger partial charge on any atom is 0.340 e. The number of benzene rings is 1. The van der Waals surface area contributed by atoms with Crippen LogP contribution in [0, 0.1) is 0 Å². The summed E-state index contributed by atoms with van der Waals surface area (Å²) < 4.78 is 5.07. The Bertz CT molecular complexity index is 662. The van der Waals surface area contributed by atoms with Gasteiger partial charge in [-0.15, -0.1) is 0 Å². The fourth-order valence-electron chi connectivity index (χ4n) is 1.97. The quantitative estimate of drug-likeness (QED) is 0.540. The molecule has 0 spiro atoms. The van der Waals surface area contributed by atoms with Crippen molar-refractivity contribution in [1.29, 1.82) is 0 Å². The molecular weight excluding hydrogens is 286 g/mol. The molecule has 1 heterocycles. The van der Waals surface area contributed by atoms with Crippen molar-refractivity contribution in [2.24, 2.45) is 5.73 Å². The first-order valence-corrected chi connectivity index (χ1v) is 6.88. The van der Waals surface area contributed by atoms with E-state index in [-0.39, 0.29) is 11.6 Å². The second-order valence-corrected chi connectivity index (χ2v) is 4.82. The van der Waals surface area contributed by atoms with Crippen LogP contribution in [0.4, 0.5) is 0 Å². The molecule has 8 nitrogen and oxygen atoms in total. The zero-order valence-electron chi connectivity index (χ0n) is 12.3. The number of carbonyl (C=O) groups is 1. The number of nitrogens with one attached hydrogen (secondary N) is 3. The number of methoxy groups -OCH3 is 1. The number of nitrogens with zero attached hydrogens (tertiary/aromatic N) is 1. The topological polar surface area (TPSA) is 126 Å². The summed E-state index contributed by atoms with van der Waals surface area (Å²) in [4.78, 5) is 25.3. The van der Waals surface area contributed by atoms with E-state index in [2.05, 4.69) is 20.5 Å². The smallest absolute Gasteiger partial charge is 0.340 e. The monoisotopic (exact) mass is 305 g/mol. The molecule has 0 fully saturated rings. The number of carbonyl (C=O) groups excluding carboxylic acids is 1. The second kappa shape index (κ2) is 7.41. The molecule has 2 aromatic rings. The maximum atomic E-state index is 11.9. The highest BCUT2D eigenvalue weighted by molar-refractivity contribution is 5.81. The Kier molecular flexibility index (Phi) is 5.31. The molecule has 8 heteroatoms. The SMILES string of the molecule is COc1ccc(C[C@H](N)C(=O)NCCc2n[nH]c(=O)[nH]2)cc1. The van der Waals surface area contributed by atoms with E-state index in [9.17, 15) is 9.59 Å². The molecule has 1 atom stereocenters. The molecule has 22 heavy (non-hydrogen) atoms. The van der Waals surface area contributed by atoms with Gasteiger partial charge < -0.3 is 15.8 Å². The minimum atomic E-state index is -0.633. The average molecular weight is 305 g/mol. The largest absolute Gasteiger partial charge is 0.497 e. The average Bonchev–Trinajstić information content (AvgIpc) is 2.93. The van der Waals surface area contributed by atoms with Crippen LogP contribution in [0.5, 0.6) is 5.75 Å². The number of rotatable bonds is 7. The van der Waals surface area contributed by atoms with Crippen molar-refractivity contribution in [3.63, 3.8) is 0 Å². The number of amides is 1. The van der Waals surface area contributed by atoms with Crippen molar-refractivity contribution in [3.8, 4) is 5.75 Å². The van der Waals surface area contributed by atoms with Gasteiger partial charge in [-0.05, 0) is 24.1 Å². The number of nitrogens with two attached hydrogens (primary N) is 1. The standard InChI is InChI=1S/C14H19N5O3/c1-22-10-4-2-9(3-5-10)8-11(15)13(20)16-7-6-12-17-14(21)19-18-12/h2-5,11H,6-8,15H2,1H3,(H,16,20)(H2,17,18,19,21)/t11-/m0/s1. The summed E-state index contributed by atoms with van der Waals surface area (Å²) in [6, 6.07) is 6.77. The van der Waals surface area contributed by atoms with Crippen LogP contribution in [0.1, 0.15) is 11.4 Å². The number of H-pyrrole nitrogens is 2. The summed E-state index contributed by atoms with van der Waals surface area (Å²) in [6.45, 7) is 0.357. The second-order valence-electron chi connectivity index (χ2n) is 4.82. The molecule has 0 aliphatic heterocycles. The highest BCUT2D eigenvalue weighted by Gasteiger charge is 2.13. The van der Waals surface area contributed by atoms with Crippen LogP contribution in [-0.4, -0.2) is 40.8 Å². The van der Waals surface area contributed by atoms with E-state index in [4.69, 9.17) is 10.5 Å². The van der Waals surface area contributed by atoms with Gasteiger partial charge >= 0.3 is 5.69 Å². The van der Waals surface area contributed by atoms with Crippen LogP contribution in [0.25, 0.3) is 0 Å². The molecular formula is C14H19N5O3. The molecule has 0 saturated carbocycles. The minimum absolute atomic E-state index is 0.242. The lowest BCUT2D eigenvalue weighted by Gasteiger charge is -2.12. The van der Waals surface area contributed by atoms with Crippen molar-refractivity contribution in [3.05, 3.63) is 46.1 Å². The van der Waals surface area contributed by atoms with E-state index >= 15 is 0 Å². The van der Waals surface area contributed by atoms with Gasteiger partial charge in [0.1, 0.15) is 11.6 Å². The molecule has 0 radical (unpaired) electrons. The van der Waals surface area contributed by atoms with Gasteiger partial charge in [0.25, 0.3) is 0 Å². The predicted molar refractivity (Wildman–Crippen MR) is 80.6 cm³/mol. The lowest BCUT2D eigenvalue weighted by molar-refractivity contribution is -0.122. The highest BCUT2D eigenvalue weighted by atomic mass is 16.5. The summed E-state index contributed by atoms with van der Waals surface area (Å²) in [6.07, 6.45) is 0.870. The Hall–Kier alpha value is -2.61. The highest BCUT2D eigenvalue weighted by Crippen LogP contribution is 2.12. The van der Waals surface area contributed by atoms with Gasteiger partial charge in [0.2, 0.25) is 5.91 Å². The first-order chi connectivity index (χ1) is 10.6. The molecule has 5 N–H and O–H groups in total. The van der Waals surface area contributed by atoms with Gasteiger partial charge in [-0.1, -0.05) is 12.1 Å². The third kappa shape index (κ3) is 4.45. The van der Waals surface area contributed by atoms with Gasteiger partial charge in [-0.3, -0.25) is 9.78 Å². The Morgan fingerprint density at radius 1 is 1.41 bits per heavy atom. The van der Waals surface area contributed by atoms with E-state index < -0.39 is 6.04 Å². The van der Waals surface area contributed by atoms with E-state index in [1.54, 1.807) is 7.11 Å². The van der Waals surface area contributed by atoms with Crippen molar-refractivity contribution in [1.82, 2.24) is 20.5 Å². The summed E-state index contributed by atoms with van der Waals surface area (Å²) in [5.41, 5.74) is 6.48. The Morgan fingerprint density at radius 3 is 2.73 bits per heavy atom. The van der Waals surface area contributed by atoms with Crippen LogP contribution in [0.3, 0.4) is 0 Å². The third-order valence-corrected chi connectivity index (χ3v) is 3.16. The number of aromatic nitrogens is 3. The fourth-order valence-corrected chi connectivity index (χ4v) is 1.97. The number of hydrogen-bond acceptors (Lipinski definition) is 5. The summed E-state index contributed by atoms with van der Waals surface area (Å²) in [5.74, 6) is 1.01. The van der Waals surface area contributed by atoms with Crippen LogP contribution in [0.15, 0.2) is 29.1 Å². The molecule has 0 unspecified atom stereocenters. The van der Waals surface area contributed by atoms with Crippen LogP contribution < -0.4 is 21.5 Å². The summed E-state index contributed by atoms with van der Waals surface area (Å²) in [5, 5.41) is 8.74. The molecule has 0 saturated heterocycles. The number of ether oxygens (including phenoxy) is 1. The number of aromatic amines is 2. The van der Waals surface area contributed by atoms with Crippen LogP contribution in [0.2, 0.25) is 0 Å². The van der Waals surface area contributed by atoms with Crippen molar-refractivity contribution in [2.45, 2.75) is 18.9 Å². The predicted octanol–water partition coefficient (Wildman–Crippen LogP) is -0.665. The first kappa shape index (κ1) is 15.8. The lowest BCUT2D eigenvalue weighted by Crippen LogP contribution is -2.42. The van der Waals surface area contributed by atoms with Crippen molar-refractivity contribution < 1.29 is 9.53 Å². The Balaban J connectivity index is 1.77. The van der Waals surface area contributed by atoms with E-state index in [0.29, 0.717) is 25.2 Å². The van der Waals surface area contributed by atoms with Gasteiger partial charge in [-0.25, -0.2) is 9.89 Å². The molecule has 2 rings (SSSR count). The van der Waals surface area contributed by atoms with Gasteiger partial charge in [0, 0.05) is 13.0 Å². The summed E-state index contributed by atoms with van der Waals surface area (Å²) >= 11 is 0. The first-order valence-electron chi connectivity index (χ1n) is 6.88. The molecule has 1 amide bonds. The Morgan fingerprint density at radius 2 is 2.14 bits per heavy atom. The zero-order valence-corrected chi connectivity index (χ0v) is 12.3.